The zero-order valence-electron chi connectivity index (χ0n) is 11.5. The van der Waals surface area contributed by atoms with Crippen molar-refractivity contribution in [2.24, 2.45) is 0 Å². The van der Waals surface area contributed by atoms with Crippen molar-refractivity contribution in [1.29, 1.82) is 0 Å². The molecular formula is C15H10Br2O6. The Morgan fingerprint density at radius 3 is 2.04 bits per heavy atom. The SMILES string of the molecule is O=Cc1cc(Br)c2c(c1)OCO2.Oc1cc(Br)c2c(c1)OCO2. The van der Waals surface area contributed by atoms with Crippen molar-refractivity contribution < 1.29 is 28.8 Å². The summed E-state index contributed by atoms with van der Waals surface area (Å²) in [5.74, 6) is 2.69. The van der Waals surface area contributed by atoms with Crippen LogP contribution in [-0.2, 0) is 0 Å². The van der Waals surface area contributed by atoms with Gasteiger partial charge in [-0.3, -0.25) is 4.79 Å². The molecule has 0 unspecified atom stereocenters. The molecule has 1 N–H and O–H groups in total. The lowest BCUT2D eigenvalue weighted by molar-refractivity contribution is 0.112. The average Bonchev–Trinajstić information content (AvgIpc) is 3.16. The second-order valence-electron chi connectivity index (χ2n) is 4.52. The van der Waals surface area contributed by atoms with Gasteiger partial charge in [0.15, 0.2) is 23.0 Å². The maximum Gasteiger partial charge on any atom is 0.231 e. The number of hydrogen-bond donors (Lipinski definition) is 1. The maximum absolute atomic E-state index is 10.4. The van der Waals surface area contributed by atoms with Crippen LogP contribution in [0, 0.1) is 0 Å². The van der Waals surface area contributed by atoms with Crippen molar-refractivity contribution in [2.45, 2.75) is 0 Å². The summed E-state index contributed by atoms with van der Waals surface area (Å²) in [4.78, 5) is 10.4. The fourth-order valence-electron chi connectivity index (χ4n) is 2.01. The molecule has 120 valence electrons. The molecule has 0 fully saturated rings. The first-order chi connectivity index (χ1) is 11.1. The molecule has 2 aromatic carbocycles. The molecule has 0 amide bonds. The van der Waals surface area contributed by atoms with Gasteiger partial charge in [0.2, 0.25) is 13.6 Å². The highest BCUT2D eigenvalue weighted by Gasteiger charge is 2.18. The lowest BCUT2D eigenvalue weighted by atomic mass is 10.2. The zero-order chi connectivity index (χ0) is 16.4. The van der Waals surface area contributed by atoms with Gasteiger partial charge in [0, 0.05) is 11.6 Å². The van der Waals surface area contributed by atoms with Crippen LogP contribution in [0.15, 0.2) is 33.2 Å². The highest BCUT2D eigenvalue weighted by Crippen LogP contribution is 2.41. The Hall–Kier alpha value is -1.93. The van der Waals surface area contributed by atoms with Gasteiger partial charge in [-0.05, 0) is 50.1 Å². The summed E-state index contributed by atoms with van der Waals surface area (Å²) in [6.07, 6.45) is 0.771. The molecular weight excluding hydrogens is 436 g/mol. The van der Waals surface area contributed by atoms with E-state index in [1.807, 2.05) is 0 Å². The van der Waals surface area contributed by atoms with Crippen LogP contribution in [0.4, 0.5) is 0 Å². The van der Waals surface area contributed by atoms with Crippen molar-refractivity contribution in [3.63, 3.8) is 0 Å². The van der Waals surface area contributed by atoms with Crippen molar-refractivity contribution >= 4 is 38.1 Å². The van der Waals surface area contributed by atoms with Crippen molar-refractivity contribution in [3.05, 3.63) is 38.8 Å². The first-order valence-corrected chi connectivity index (χ1v) is 7.99. The second-order valence-corrected chi connectivity index (χ2v) is 6.22. The number of ether oxygens (including phenoxy) is 4. The lowest BCUT2D eigenvalue weighted by Gasteiger charge is -1.98. The monoisotopic (exact) mass is 444 g/mol. The molecule has 2 aliphatic heterocycles. The minimum Gasteiger partial charge on any atom is -0.508 e. The van der Waals surface area contributed by atoms with E-state index in [9.17, 15) is 4.79 Å². The smallest absolute Gasteiger partial charge is 0.231 e. The van der Waals surface area contributed by atoms with E-state index in [-0.39, 0.29) is 19.3 Å². The molecule has 0 aromatic heterocycles. The van der Waals surface area contributed by atoms with Gasteiger partial charge in [-0.1, -0.05) is 0 Å². The van der Waals surface area contributed by atoms with Crippen molar-refractivity contribution in [3.8, 4) is 28.7 Å². The number of halogens is 2. The fourth-order valence-corrected chi connectivity index (χ4v) is 3.13. The molecule has 2 aromatic rings. The minimum absolute atomic E-state index is 0.168. The van der Waals surface area contributed by atoms with Crippen LogP contribution in [0.1, 0.15) is 10.4 Å². The number of aromatic hydroxyl groups is 1. The summed E-state index contributed by atoms with van der Waals surface area (Å²) in [7, 11) is 0. The number of carbonyl (C=O) groups is 1. The predicted octanol–water partition coefficient (Wildman–Crippen LogP) is 3.87. The highest BCUT2D eigenvalue weighted by atomic mass is 79.9. The number of phenols is 1. The third kappa shape index (κ3) is 3.37. The Bertz CT molecular complexity index is 762. The molecule has 2 heterocycles. The van der Waals surface area contributed by atoms with Crippen molar-refractivity contribution in [2.75, 3.05) is 13.6 Å². The average molecular weight is 446 g/mol. The Kier molecular flexibility index (Phi) is 4.63. The van der Waals surface area contributed by atoms with E-state index in [0.717, 1.165) is 10.8 Å². The highest BCUT2D eigenvalue weighted by molar-refractivity contribution is 9.11. The third-order valence-corrected chi connectivity index (χ3v) is 4.18. The summed E-state index contributed by atoms with van der Waals surface area (Å²) < 4.78 is 21.9. The van der Waals surface area contributed by atoms with Crippen LogP contribution in [0.25, 0.3) is 0 Å². The molecule has 0 radical (unpaired) electrons. The van der Waals surface area contributed by atoms with Crippen LogP contribution in [0.5, 0.6) is 28.7 Å². The van der Waals surface area contributed by atoms with Crippen molar-refractivity contribution in [1.82, 2.24) is 0 Å². The summed E-state index contributed by atoms with van der Waals surface area (Å²) in [5.41, 5.74) is 0.575. The molecule has 0 aliphatic carbocycles. The largest absolute Gasteiger partial charge is 0.508 e. The normalized spacial score (nSPS) is 13.3. The number of phenolic OH excluding ortho intramolecular Hbond substituents is 1. The third-order valence-electron chi connectivity index (χ3n) is 3.00. The van der Waals surface area contributed by atoms with Crippen LogP contribution < -0.4 is 18.9 Å². The van der Waals surface area contributed by atoms with Gasteiger partial charge < -0.3 is 24.1 Å². The van der Waals surface area contributed by atoms with Crippen LogP contribution >= 0.6 is 31.9 Å². The van der Waals surface area contributed by atoms with Gasteiger partial charge in [-0.2, -0.15) is 0 Å². The molecule has 8 heteroatoms. The van der Waals surface area contributed by atoms with Gasteiger partial charge >= 0.3 is 0 Å². The number of aldehydes is 1. The molecule has 0 spiro atoms. The molecule has 4 rings (SSSR count). The fraction of sp³-hybridized carbons (Fsp3) is 0.133. The van der Waals surface area contributed by atoms with E-state index >= 15 is 0 Å². The first-order valence-electron chi connectivity index (χ1n) is 6.41. The number of carbonyl (C=O) groups excluding carboxylic acids is 1. The molecule has 0 saturated carbocycles. The summed E-state index contributed by atoms with van der Waals surface area (Å²) in [6.45, 7) is 0.438. The van der Waals surface area contributed by atoms with E-state index in [0.29, 0.717) is 33.0 Å². The number of fused-ring (bicyclic) bond motifs is 2. The molecule has 23 heavy (non-hydrogen) atoms. The molecule has 0 saturated heterocycles. The zero-order valence-corrected chi connectivity index (χ0v) is 14.7. The van der Waals surface area contributed by atoms with Crippen LogP contribution in [0.2, 0.25) is 0 Å². The van der Waals surface area contributed by atoms with Gasteiger partial charge in [-0.15, -0.1) is 0 Å². The number of rotatable bonds is 1. The van der Waals surface area contributed by atoms with Gasteiger partial charge in [0.05, 0.1) is 8.95 Å². The summed E-state index contributed by atoms with van der Waals surface area (Å²) in [6, 6.07) is 6.43. The summed E-state index contributed by atoms with van der Waals surface area (Å²) >= 11 is 6.51. The van der Waals surface area contributed by atoms with Crippen LogP contribution in [-0.4, -0.2) is 25.0 Å². The maximum atomic E-state index is 10.4. The Labute approximate surface area is 148 Å². The van der Waals surface area contributed by atoms with E-state index in [2.05, 4.69) is 31.9 Å². The Morgan fingerprint density at radius 1 is 0.870 bits per heavy atom. The molecule has 2 aliphatic rings. The Balaban J connectivity index is 0.000000136. The number of hydrogen-bond acceptors (Lipinski definition) is 6. The van der Waals surface area contributed by atoms with Crippen LogP contribution in [0.3, 0.4) is 0 Å². The predicted molar refractivity (Wildman–Crippen MR) is 87.6 cm³/mol. The topological polar surface area (TPSA) is 74.2 Å². The standard InChI is InChI=1S/C8H5BrO3.C7H5BrO3/c9-6-1-5(3-10)2-7-8(6)12-4-11-7;8-5-1-4(9)2-6-7(5)11-3-10-6/h1-3H,4H2;1-2,9H,3H2. The van der Waals surface area contributed by atoms with E-state index < -0.39 is 0 Å². The molecule has 0 atom stereocenters. The Morgan fingerprint density at radius 2 is 1.43 bits per heavy atom. The molecule has 6 nitrogen and oxygen atoms in total. The quantitative estimate of drug-likeness (QED) is 0.671. The second kappa shape index (κ2) is 6.67. The minimum atomic E-state index is 0.168. The lowest BCUT2D eigenvalue weighted by Crippen LogP contribution is -1.93. The first kappa shape index (κ1) is 15.9. The van der Waals surface area contributed by atoms with Gasteiger partial charge in [0.1, 0.15) is 12.0 Å². The number of benzene rings is 2. The molecule has 0 bridgehead atoms. The van der Waals surface area contributed by atoms with E-state index in [1.165, 1.54) is 6.07 Å². The van der Waals surface area contributed by atoms with E-state index in [1.54, 1.807) is 18.2 Å². The van der Waals surface area contributed by atoms with Gasteiger partial charge in [0.25, 0.3) is 0 Å². The summed E-state index contributed by atoms with van der Waals surface area (Å²) in [5, 5.41) is 9.11. The van der Waals surface area contributed by atoms with Gasteiger partial charge in [-0.25, -0.2) is 0 Å². The van der Waals surface area contributed by atoms with E-state index in [4.69, 9.17) is 24.1 Å².